The molecule has 0 aliphatic rings. The summed E-state index contributed by atoms with van der Waals surface area (Å²) in [6.07, 6.45) is 0. The van der Waals surface area contributed by atoms with Crippen molar-refractivity contribution in [3.63, 3.8) is 0 Å². The number of azo groups is 1. The Kier molecular flexibility index (Phi) is 16.3. The van der Waals surface area contributed by atoms with E-state index in [2.05, 4.69) is 41.1 Å². The van der Waals surface area contributed by atoms with Crippen molar-refractivity contribution in [2.24, 2.45) is 10.2 Å². The molecule has 0 spiro atoms. The Hall–Kier alpha value is -2.91. The molecule has 4 aromatic rings. The molecule has 19 heteroatoms. The largest absolute Gasteiger partial charge is 1.00 e. The minimum Gasteiger partial charge on any atom is -0.744 e. The summed E-state index contributed by atoms with van der Waals surface area (Å²) < 4.78 is 48.8. The van der Waals surface area contributed by atoms with Crippen LogP contribution in [0.2, 0.25) is 0 Å². The molecule has 0 radical (unpaired) electrons. The van der Waals surface area contributed by atoms with Gasteiger partial charge in [-0.05, 0) is 60.7 Å². The van der Waals surface area contributed by atoms with Crippen molar-refractivity contribution in [1.82, 2.24) is 0 Å². The Bertz CT molecular complexity index is 1770. The first-order valence-electron chi connectivity index (χ1n) is 12.4. The Balaban J connectivity index is 0.00000368. The summed E-state index contributed by atoms with van der Waals surface area (Å²) >= 11 is 0.765. The summed E-state index contributed by atoms with van der Waals surface area (Å²) in [5.74, 6) is 0.647. The minimum atomic E-state index is -4.63. The SMILES string of the molecule is COc1cc(N=Nc2cccc(S(=O)(=O)[O-])c2)ccc1NC(=O)Nc1ccc(NNc2cccc(SOO[O-])c2)cc1OC.[Na+].[Na+]. The van der Waals surface area contributed by atoms with Gasteiger partial charge in [-0.15, -0.1) is 0 Å². The average molecular weight is 687 g/mol. The second-order valence-corrected chi connectivity index (χ2v) is 10.7. The zero-order valence-corrected chi connectivity index (χ0v) is 30.6. The third kappa shape index (κ3) is 11.7. The molecule has 0 aliphatic heterocycles. The molecule has 4 rings (SSSR count). The van der Waals surface area contributed by atoms with Gasteiger partial charge in [-0.2, -0.15) is 14.6 Å². The van der Waals surface area contributed by atoms with Crippen LogP contribution in [0.3, 0.4) is 0 Å². The summed E-state index contributed by atoms with van der Waals surface area (Å²) in [7, 11) is -1.76. The van der Waals surface area contributed by atoms with E-state index in [1.54, 1.807) is 54.6 Å². The third-order valence-corrected chi connectivity index (χ3v) is 7.01. The van der Waals surface area contributed by atoms with Crippen molar-refractivity contribution in [3.8, 4) is 11.5 Å². The number of methoxy groups -OCH3 is 2. The summed E-state index contributed by atoms with van der Waals surface area (Å²) in [6, 6.07) is 21.2. The van der Waals surface area contributed by atoms with Gasteiger partial charge in [0.2, 0.25) is 0 Å². The molecule has 0 fully saturated rings. The van der Waals surface area contributed by atoms with Crippen LogP contribution in [-0.4, -0.2) is 33.2 Å². The molecule has 46 heavy (non-hydrogen) atoms. The van der Waals surface area contributed by atoms with Gasteiger partial charge in [0.25, 0.3) is 0 Å². The minimum absolute atomic E-state index is 0. The number of carbonyl (C=O) groups is 1. The second-order valence-electron chi connectivity index (χ2n) is 8.53. The van der Waals surface area contributed by atoms with Gasteiger partial charge in [0.1, 0.15) is 21.6 Å². The van der Waals surface area contributed by atoms with Crippen LogP contribution in [-0.2, 0) is 19.5 Å². The normalized spacial score (nSPS) is 10.7. The molecule has 15 nitrogen and oxygen atoms in total. The van der Waals surface area contributed by atoms with Crippen molar-refractivity contribution in [1.29, 1.82) is 0 Å². The number of amides is 2. The van der Waals surface area contributed by atoms with Crippen LogP contribution in [0.1, 0.15) is 0 Å². The first kappa shape index (κ1) is 39.3. The van der Waals surface area contributed by atoms with Crippen LogP contribution in [0.25, 0.3) is 0 Å². The van der Waals surface area contributed by atoms with Crippen molar-refractivity contribution in [2.75, 3.05) is 35.7 Å². The number of rotatable bonds is 13. The van der Waals surface area contributed by atoms with Crippen molar-refractivity contribution < 1.29 is 101 Å². The van der Waals surface area contributed by atoms with E-state index in [0.29, 0.717) is 39.1 Å². The Morgan fingerprint density at radius 3 is 1.98 bits per heavy atom. The molecule has 0 saturated heterocycles. The third-order valence-electron chi connectivity index (χ3n) is 5.61. The molecule has 0 unspecified atom stereocenters. The van der Waals surface area contributed by atoms with Crippen LogP contribution in [0.15, 0.2) is 105 Å². The maximum Gasteiger partial charge on any atom is 1.00 e. The summed E-state index contributed by atoms with van der Waals surface area (Å²) in [6.45, 7) is 0. The van der Waals surface area contributed by atoms with E-state index in [1.165, 1.54) is 38.5 Å². The quantitative estimate of drug-likeness (QED) is 0.0346. The van der Waals surface area contributed by atoms with E-state index in [9.17, 15) is 23.0 Å². The standard InChI is InChI=1S/C27H26N6O9S2.2Na/c1-39-25-15-19(32-30-17-5-3-7-21(13-17)43-42-41-35)9-11-23(25)28-27(34)29-24-12-10-20(16-26(24)40-2)33-31-18-6-4-8-22(14-18)44(36,37)38;;/h3-16,30,32,35H,1-2H3,(H2,28,29,34)(H,36,37,38);;/q;2*+1/p-2. The predicted octanol–water partition coefficient (Wildman–Crippen LogP) is -0.655. The molecule has 2 amide bonds. The monoisotopic (exact) mass is 686 g/mol. The maximum atomic E-state index is 12.8. The number of nitrogens with zero attached hydrogens (tertiary/aromatic N) is 2. The maximum absolute atomic E-state index is 12.8. The first-order valence-corrected chi connectivity index (χ1v) is 14.5. The van der Waals surface area contributed by atoms with E-state index in [4.69, 9.17) is 9.47 Å². The van der Waals surface area contributed by atoms with E-state index in [1.807, 2.05) is 0 Å². The van der Waals surface area contributed by atoms with Gasteiger partial charge >= 0.3 is 65.1 Å². The summed E-state index contributed by atoms with van der Waals surface area (Å²) in [5, 5.41) is 26.8. The zero-order chi connectivity index (χ0) is 31.5. The fourth-order valence-corrected chi connectivity index (χ4v) is 4.56. The van der Waals surface area contributed by atoms with Gasteiger partial charge < -0.3 is 40.8 Å². The number of hydrogen-bond acceptors (Lipinski definition) is 14. The molecule has 0 aliphatic carbocycles. The fraction of sp³-hybridized carbons (Fsp3) is 0.0741. The van der Waals surface area contributed by atoms with Crippen LogP contribution >= 0.6 is 12.0 Å². The molecular formula is C27H24N6Na2O9S2. The van der Waals surface area contributed by atoms with Crippen molar-refractivity contribution in [3.05, 3.63) is 84.9 Å². The van der Waals surface area contributed by atoms with E-state index in [-0.39, 0.29) is 70.6 Å². The molecule has 0 saturated carbocycles. The van der Waals surface area contributed by atoms with Crippen LogP contribution in [0, 0.1) is 0 Å². The number of urea groups is 1. The summed E-state index contributed by atoms with van der Waals surface area (Å²) in [5.41, 5.74) is 8.55. The molecule has 4 aromatic carbocycles. The van der Waals surface area contributed by atoms with Gasteiger partial charge in [0.15, 0.2) is 0 Å². The molecule has 230 valence electrons. The average Bonchev–Trinajstić information content (AvgIpc) is 3.02. The number of hydrogen-bond donors (Lipinski definition) is 4. The smallest absolute Gasteiger partial charge is 0.744 e. The predicted molar refractivity (Wildman–Crippen MR) is 159 cm³/mol. The van der Waals surface area contributed by atoms with E-state index < -0.39 is 21.0 Å². The van der Waals surface area contributed by atoms with Gasteiger partial charge in [-0.1, -0.05) is 12.1 Å². The van der Waals surface area contributed by atoms with E-state index >= 15 is 0 Å². The van der Waals surface area contributed by atoms with Crippen molar-refractivity contribution >= 4 is 62.3 Å². The van der Waals surface area contributed by atoms with Gasteiger partial charge in [-0.25, -0.2) is 13.2 Å². The summed E-state index contributed by atoms with van der Waals surface area (Å²) in [4.78, 5) is 13.0. The van der Waals surface area contributed by atoms with Gasteiger partial charge in [-0.3, -0.25) is 5.04 Å². The number of carbonyl (C=O) groups excluding carboxylic acids is 1. The Morgan fingerprint density at radius 1 is 0.761 bits per heavy atom. The van der Waals surface area contributed by atoms with E-state index in [0.717, 1.165) is 18.1 Å². The van der Waals surface area contributed by atoms with Crippen LogP contribution < -0.4 is 95.3 Å². The zero-order valence-electron chi connectivity index (χ0n) is 25.0. The van der Waals surface area contributed by atoms with Crippen LogP contribution in [0.4, 0.5) is 38.9 Å². The molecule has 0 atom stereocenters. The Labute approximate surface area is 312 Å². The number of ether oxygens (including phenoxy) is 2. The molecular weight excluding hydrogens is 662 g/mol. The van der Waals surface area contributed by atoms with Crippen molar-refractivity contribution in [2.45, 2.75) is 9.79 Å². The Morgan fingerprint density at radius 2 is 1.35 bits per heavy atom. The number of anilines is 4. The fourth-order valence-electron chi connectivity index (χ4n) is 3.63. The molecule has 4 N–H and O–H groups in total. The molecule has 0 bridgehead atoms. The van der Waals surface area contributed by atoms with Gasteiger partial charge in [0.05, 0.1) is 65.3 Å². The molecule has 0 heterocycles. The first-order chi connectivity index (χ1) is 21.2. The van der Waals surface area contributed by atoms with Crippen LogP contribution in [0.5, 0.6) is 11.5 Å². The molecule has 0 aromatic heterocycles. The number of benzene rings is 4. The second kappa shape index (κ2) is 19.0. The van der Waals surface area contributed by atoms with Gasteiger partial charge in [0, 0.05) is 17.0 Å². The topological polar surface area (TPSA) is 207 Å². The number of hydrazine groups is 1. The number of nitrogens with one attached hydrogen (secondary N) is 4.